The zero-order valence-corrected chi connectivity index (χ0v) is 5.65. The zero-order valence-electron chi connectivity index (χ0n) is 5.65. The topological polar surface area (TPSA) is 60.9 Å². The minimum Gasteiger partial charge on any atom is -0.249 e. The number of hydrogen-bond donors (Lipinski definition) is 0. The zero-order chi connectivity index (χ0) is 7.68. The molecule has 0 aliphatic carbocycles. The van der Waals surface area contributed by atoms with Gasteiger partial charge in [0.1, 0.15) is 11.8 Å². The first-order valence-corrected chi connectivity index (χ1v) is 3.17. The molecule has 0 fully saturated rings. The Kier molecular flexibility index (Phi) is 1.16. The Hall–Kier alpha value is -1.76. The fraction of sp³-hybridized carbons (Fsp3) is 0.143. The number of hydrogen-bond acceptors (Lipinski definition) is 4. The third-order valence-corrected chi connectivity index (χ3v) is 1.53. The minimum atomic E-state index is 0.498. The summed E-state index contributed by atoms with van der Waals surface area (Å²) in [5.41, 5.74) is 2.26. The maximum Gasteiger partial charge on any atom is 0.123 e. The molecule has 0 spiro atoms. The van der Waals surface area contributed by atoms with Crippen LogP contribution in [-0.4, -0.2) is 17.6 Å². The molecule has 2 aliphatic heterocycles. The van der Waals surface area contributed by atoms with Crippen molar-refractivity contribution < 1.29 is 0 Å². The molecule has 11 heavy (non-hydrogen) atoms. The lowest BCUT2D eigenvalue weighted by Crippen LogP contribution is -2.11. The van der Waals surface area contributed by atoms with E-state index >= 15 is 0 Å². The van der Waals surface area contributed by atoms with E-state index in [2.05, 4.69) is 15.2 Å². The summed E-state index contributed by atoms with van der Waals surface area (Å²) in [7, 11) is 0. The first kappa shape index (κ1) is 5.98. The normalized spacial score (nSPS) is 19.7. The first-order valence-electron chi connectivity index (χ1n) is 3.17. The van der Waals surface area contributed by atoms with Crippen LogP contribution in [-0.2, 0) is 0 Å². The molecule has 0 unspecified atom stereocenters. The lowest BCUT2D eigenvalue weighted by Gasteiger charge is -2.02. The number of fused-ring (bicyclic) bond motifs is 1. The summed E-state index contributed by atoms with van der Waals surface area (Å²) in [6.45, 7) is 0. The second-order valence-corrected chi connectivity index (χ2v) is 2.24. The van der Waals surface area contributed by atoms with Gasteiger partial charge in [0.25, 0.3) is 0 Å². The summed E-state index contributed by atoms with van der Waals surface area (Å²) in [5, 5.41) is 16.1. The first-order chi connectivity index (χ1) is 5.40. The van der Waals surface area contributed by atoms with Gasteiger partial charge in [0, 0.05) is 18.2 Å². The Bertz CT molecular complexity index is 351. The smallest absolute Gasteiger partial charge is 0.123 e. The van der Waals surface area contributed by atoms with Gasteiger partial charge in [-0.05, 0) is 0 Å². The molecular formula is C7H4N4. The van der Waals surface area contributed by atoms with E-state index in [0.717, 1.165) is 11.3 Å². The molecule has 0 atom stereocenters. The minimum absolute atomic E-state index is 0.498. The summed E-state index contributed by atoms with van der Waals surface area (Å²) >= 11 is 0. The SMILES string of the molecule is N#CC1=NC=C2C=NN=C2C1. The van der Waals surface area contributed by atoms with Crippen LogP contribution in [0.4, 0.5) is 0 Å². The fourth-order valence-electron chi connectivity index (χ4n) is 0.958. The number of aliphatic imine (C=N–C) groups is 1. The Labute approximate surface area is 63.3 Å². The van der Waals surface area contributed by atoms with E-state index < -0.39 is 0 Å². The number of rotatable bonds is 0. The predicted molar refractivity (Wildman–Crippen MR) is 41.7 cm³/mol. The quantitative estimate of drug-likeness (QED) is 0.493. The van der Waals surface area contributed by atoms with E-state index in [4.69, 9.17) is 5.26 Å². The molecule has 52 valence electrons. The van der Waals surface area contributed by atoms with Gasteiger partial charge in [-0.25, -0.2) is 4.99 Å². The van der Waals surface area contributed by atoms with Gasteiger partial charge in [-0.3, -0.25) is 0 Å². The van der Waals surface area contributed by atoms with Gasteiger partial charge in [-0.2, -0.15) is 15.5 Å². The molecular weight excluding hydrogens is 140 g/mol. The monoisotopic (exact) mass is 144 g/mol. The maximum absolute atomic E-state index is 8.51. The van der Waals surface area contributed by atoms with Crippen molar-refractivity contribution in [3.05, 3.63) is 11.8 Å². The summed E-state index contributed by atoms with van der Waals surface area (Å²) in [6, 6.07) is 1.99. The molecule has 0 amide bonds. The van der Waals surface area contributed by atoms with E-state index in [1.807, 2.05) is 6.07 Å². The molecule has 2 aliphatic rings. The van der Waals surface area contributed by atoms with Crippen molar-refractivity contribution in [2.24, 2.45) is 15.2 Å². The molecule has 0 saturated carbocycles. The Morgan fingerprint density at radius 2 is 2.45 bits per heavy atom. The number of nitriles is 1. The van der Waals surface area contributed by atoms with Gasteiger partial charge in [-0.15, -0.1) is 0 Å². The van der Waals surface area contributed by atoms with Gasteiger partial charge in [0.05, 0.1) is 11.9 Å². The molecule has 4 heteroatoms. The summed E-state index contributed by atoms with van der Waals surface area (Å²) < 4.78 is 0. The number of allylic oxidation sites excluding steroid dienone is 1. The van der Waals surface area contributed by atoms with E-state index in [1.54, 1.807) is 12.4 Å². The van der Waals surface area contributed by atoms with E-state index in [1.165, 1.54) is 0 Å². The van der Waals surface area contributed by atoms with E-state index in [0.29, 0.717) is 12.1 Å². The Morgan fingerprint density at radius 1 is 1.55 bits per heavy atom. The Morgan fingerprint density at radius 3 is 3.27 bits per heavy atom. The molecule has 0 saturated heterocycles. The maximum atomic E-state index is 8.51. The molecule has 0 aromatic carbocycles. The van der Waals surface area contributed by atoms with Gasteiger partial charge in [-0.1, -0.05) is 0 Å². The molecule has 4 nitrogen and oxygen atoms in total. The summed E-state index contributed by atoms with van der Waals surface area (Å²) in [4.78, 5) is 3.91. The van der Waals surface area contributed by atoms with Gasteiger partial charge in [0.15, 0.2) is 0 Å². The second-order valence-electron chi connectivity index (χ2n) is 2.24. The molecule has 2 rings (SSSR count). The van der Waals surface area contributed by atoms with Crippen molar-refractivity contribution in [3.8, 4) is 6.07 Å². The van der Waals surface area contributed by atoms with Crippen LogP contribution in [0.1, 0.15) is 6.42 Å². The van der Waals surface area contributed by atoms with Gasteiger partial charge < -0.3 is 0 Å². The van der Waals surface area contributed by atoms with Crippen LogP contribution >= 0.6 is 0 Å². The summed E-state index contributed by atoms with van der Waals surface area (Å²) in [6.07, 6.45) is 3.78. The molecule has 0 aromatic rings. The van der Waals surface area contributed by atoms with Crippen LogP contribution in [0.3, 0.4) is 0 Å². The van der Waals surface area contributed by atoms with E-state index in [-0.39, 0.29) is 0 Å². The third kappa shape index (κ3) is 0.867. The molecule has 2 heterocycles. The standard InChI is InChI=1S/C7H4N4/c8-2-6-1-7-5(3-9-6)4-10-11-7/h3-4H,1H2. The predicted octanol–water partition coefficient (Wildman–Crippen LogP) is 0.679. The molecule has 0 aromatic heterocycles. The van der Waals surface area contributed by atoms with Crippen molar-refractivity contribution in [2.45, 2.75) is 6.42 Å². The average Bonchev–Trinajstić information content (AvgIpc) is 2.50. The highest BCUT2D eigenvalue weighted by Gasteiger charge is 2.16. The molecule has 0 N–H and O–H groups in total. The van der Waals surface area contributed by atoms with Gasteiger partial charge in [0.2, 0.25) is 0 Å². The highest BCUT2D eigenvalue weighted by atomic mass is 15.2. The Balaban J connectivity index is 2.39. The highest BCUT2D eigenvalue weighted by Crippen LogP contribution is 2.12. The average molecular weight is 144 g/mol. The number of nitrogens with zero attached hydrogens (tertiary/aromatic N) is 4. The third-order valence-electron chi connectivity index (χ3n) is 1.53. The van der Waals surface area contributed by atoms with Crippen LogP contribution in [0.2, 0.25) is 0 Å². The van der Waals surface area contributed by atoms with Crippen LogP contribution < -0.4 is 0 Å². The largest absolute Gasteiger partial charge is 0.249 e. The van der Waals surface area contributed by atoms with Gasteiger partial charge >= 0.3 is 0 Å². The van der Waals surface area contributed by atoms with Crippen molar-refractivity contribution in [2.75, 3.05) is 0 Å². The fourth-order valence-corrected chi connectivity index (χ4v) is 0.958. The lowest BCUT2D eigenvalue weighted by molar-refractivity contribution is 1.26. The van der Waals surface area contributed by atoms with Crippen molar-refractivity contribution in [3.63, 3.8) is 0 Å². The molecule has 0 bridgehead atoms. The lowest BCUT2D eigenvalue weighted by atomic mass is 10.1. The second kappa shape index (κ2) is 2.13. The van der Waals surface area contributed by atoms with Crippen LogP contribution in [0.25, 0.3) is 0 Å². The highest BCUT2D eigenvalue weighted by molar-refractivity contribution is 6.27. The van der Waals surface area contributed by atoms with Crippen molar-refractivity contribution in [1.82, 2.24) is 0 Å². The molecule has 0 radical (unpaired) electrons. The summed E-state index contributed by atoms with van der Waals surface area (Å²) in [5.74, 6) is 0. The van der Waals surface area contributed by atoms with Crippen LogP contribution in [0.5, 0.6) is 0 Å². The van der Waals surface area contributed by atoms with E-state index in [9.17, 15) is 0 Å². The van der Waals surface area contributed by atoms with Crippen molar-refractivity contribution >= 4 is 17.6 Å². The van der Waals surface area contributed by atoms with Crippen LogP contribution in [0, 0.1) is 11.3 Å². The van der Waals surface area contributed by atoms with Crippen molar-refractivity contribution in [1.29, 1.82) is 5.26 Å². The van der Waals surface area contributed by atoms with Crippen LogP contribution in [0.15, 0.2) is 27.0 Å².